The van der Waals surface area contributed by atoms with Gasteiger partial charge in [-0.2, -0.15) is 27.8 Å². The summed E-state index contributed by atoms with van der Waals surface area (Å²) in [4.78, 5) is 45.6. The highest BCUT2D eigenvalue weighted by atomic mass is 19.4. The minimum atomic E-state index is -4.90. The second kappa shape index (κ2) is 10.0. The van der Waals surface area contributed by atoms with Gasteiger partial charge < -0.3 is 15.7 Å². The number of carboxylic acid groups (broad SMARTS) is 1. The summed E-state index contributed by atoms with van der Waals surface area (Å²) in [5.41, 5.74) is 0.699. The summed E-state index contributed by atoms with van der Waals surface area (Å²) in [6, 6.07) is 6.29. The van der Waals surface area contributed by atoms with Gasteiger partial charge in [-0.1, -0.05) is 12.1 Å². The number of nitrogens with zero attached hydrogens (tertiary/aromatic N) is 4. The van der Waals surface area contributed by atoms with E-state index in [1.165, 1.54) is 12.1 Å². The van der Waals surface area contributed by atoms with Gasteiger partial charge >= 0.3 is 12.1 Å². The molecule has 0 spiro atoms. The number of alkyl halides is 3. The average molecular weight is 556 g/mol. The largest absolute Gasteiger partial charge is 0.478 e. The van der Waals surface area contributed by atoms with Gasteiger partial charge in [-0.25, -0.2) is 14.2 Å². The first-order chi connectivity index (χ1) is 18.9. The Bertz CT molecular complexity index is 1680. The first-order valence-corrected chi connectivity index (χ1v) is 11.9. The average Bonchev–Trinajstić information content (AvgIpc) is 3.54. The predicted octanol–water partition coefficient (Wildman–Crippen LogP) is 3.64. The number of hydrogen-bond acceptors (Lipinski definition) is 6. The fourth-order valence-corrected chi connectivity index (χ4v) is 4.76. The molecule has 5 rings (SSSR count). The number of aromatic carboxylic acids is 1. The smallest absolute Gasteiger partial charge is 0.419 e. The van der Waals surface area contributed by atoms with Crippen LogP contribution in [-0.2, 0) is 19.1 Å². The number of benzene rings is 2. The van der Waals surface area contributed by atoms with Crippen molar-refractivity contribution in [3.05, 3.63) is 93.3 Å². The molecule has 4 aromatic rings. The van der Waals surface area contributed by atoms with Crippen LogP contribution in [0, 0.1) is 12.7 Å². The van der Waals surface area contributed by atoms with Crippen LogP contribution in [0.1, 0.15) is 71.6 Å². The molecule has 3 N–H and O–H groups in total. The van der Waals surface area contributed by atoms with Crippen molar-refractivity contribution in [2.45, 2.75) is 38.5 Å². The summed E-state index contributed by atoms with van der Waals surface area (Å²) in [5.74, 6) is -3.94. The van der Waals surface area contributed by atoms with Crippen LogP contribution in [0.3, 0.4) is 0 Å². The van der Waals surface area contributed by atoms with Gasteiger partial charge in [0.05, 0.1) is 17.2 Å². The van der Waals surface area contributed by atoms with Crippen molar-refractivity contribution in [2.24, 2.45) is 0 Å². The van der Waals surface area contributed by atoms with E-state index >= 15 is 0 Å². The van der Waals surface area contributed by atoms with Gasteiger partial charge in [-0.15, -0.1) is 0 Å². The minimum Gasteiger partial charge on any atom is -0.478 e. The summed E-state index contributed by atoms with van der Waals surface area (Å²) in [7, 11) is 0. The Morgan fingerprint density at radius 2 is 1.90 bits per heavy atom. The molecule has 14 heteroatoms. The molecule has 2 heterocycles. The quantitative estimate of drug-likeness (QED) is 0.308. The molecule has 2 amide bonds. The summed E-state index contributed by atoms with van der Waals surface area (Å²) < 4.78 is 53.7. The van der Waals surface area contributed by atoms with Crippen LogP contribution < -0.4 is 10.6 Å². The Morgan fingerprint density at radius 3 is 2.62 bits per heavy atom. The van der Waals surface area contributed by atoms with E-state index in [1.54, 1.807) is 13.0 Å². The Balaban J connectivity index is 1.36. The SMILES string of the molecule is Cc1c(C(=O)O)ccc2c1CCC2NC(=O)c1cc(C(=O)NCc2ccc(F)c(C(F)(F)F)c2)nc2ncnn12. The first kappa shape index (κ1) is 26.7. The molecule has 0 fully saturated rings. The highest BCUT2D eigenvalue weighted by Crippen LogP contribution is 2.35. The second-order valence-electron chi connectivity index (χ2n) is 9.17. The van der Waals surface area contributed by atoms with Gasteiger partial charge in [0.1, 0.15) is 23.5 Å². The van der Waals surface area contributed by atoms with Gasteiger partial charge in [-0.05, 0) is 60.2 Å². The highest BCUT2D eigenvalue weighted by Gasteiger charge is 2.34. The molecule has 10 nitrogen and oxygen atoms in total. The van der Waals surface area contributed by atoms with Crippen LogP contribution in [0.15, 0.2) is 42.7 Å². The molecule has 206 valence electrons. The van der Waals surface area contributed by atoms with Crippen molar-refractivity contribution in [3.8, 4) is 0 Å². The zero-order valence-electron chi connectivity index (χ0n) is 20.7. The number of carbonyl (C=O) groups excluding carboxylic acids is 2. The molecule has 0 bridgehead atoms. The van der Waals surface area contributed by atoms with Crippen LogP contribution in [0.4, 0.5) is 17.6 Å². The predicted molar refractivity (Wildman–Crippen MR) is 130 cm³/mol. The third-order valence-electron chi connectivity index (χ3n) is 6.74. The number of rotatable bonds is 6. The molecule has 1 atom stereocenters. The van der Waals surface area contributed by atoms with Crippen LogP contribution in [0.25, 0.3) is 5.78 Å². The minimum absolute atomic E-state index is 0.00449. The van der Waals surface area contributed by atoms with E-state index in [9.17, 15) is 37.1 Å². The number of nitrogens with one attached hydrogen (secondary N) is 2. The number of carboxylic acids is 1. The number of fused-ring (bicyclic) bond motifs is 2. The van der Waals surface area contributed by atoms with E-state index in [0.29, 0.717) is 30.5 Å². The molecule has 1 aliphatic carbocycles. The number of hydrogen-bond donors (Lipinski definition) is 3. The highest BCUT2D eigenvalue weighted by molar-refractivity contribution is 5.98. The van der Waals surface area contributed by atoms with Crippen molar-refractivity contribution in [1.82, 2.24) is 30.2 Å². The third-order valence-corrected chi connectivity index (χ3v) is 6.74. The third kappa shape index (κ3) is 4.95. The van der Waals surface area contributed by atoms with Crippen molar-refractivity contribution < 1.29 is 37.1 Å². The molecule has 0 radical (unpaired) electrons. The molecule has 1 unspecified atom stereocenters. The van der Waals surface area contributed by atoms with E-state index in [0.717, 1.165) is 28.0 Å². The van der Waals surface area contributed by atoms with Crippen LogP contribution in [0.5, 0.6) is 0 Å². The lowest BCUT2D eigenvalue weighted by atomic mass is 9.98. The van der Waals surface area contributed by atoms with Crippen molar-refractivity contribution in [2.75, 3.05) is 0 Å². The summed E-state index contributed by atoms with van der Waals surface area (Å²) in [6.45, 7) is 1.36. The molecule has 0 saturated heterocycles. The van der Waals surface area contributed by atoms with Gasteiger partial charge in [0, 0.05) is 12.6 Å². The standard InChI is InChI=1S/C26H20F4N6O4/c1-12-14-5-7-19(16(14)4-3-15(12)24(39)40)34-23(38)21-9-20(35-25-32-11-33-36(21)25)22(37)31-10-13-2-6-18(27)17(8-13)26(28,29)30/h2-4,6,8-9,11,19H,5,7,10H2,1H3,(H,31,37)(H,34,38)(H,39,40). The van der Waals surface area contributed by atoms with Crippen molar-refractivity contribution in [1.29, 1.82) is 0 Å². The zero-order valence-corrected chi connectivity index (χ0v) is 20.7. The van der Waals surface area contributed by atoms with E-state index in [1.807, 2.05) is 0 Å². The molecular formula is C26H20F4N6O4. The monoisotopic (exact) mass is 556 g/mol. The fraction of sp³-hybridized carbons (Fsp3) is 0.231. The topological polar surface area (TPSA) is 139 Å². The second-order valence-corrected chi connectivity index (χ2v) is 9.17. The molecule has 40 heavy (non-hydrogen) atoms. The van der Waals surface area contributed by atoms with Crippen LogP contribution in [0.2, 0.25) is 0 Å². The van der Waals surface area contributed by atoms with E-state index in [2.05, 4.69) is 25.7 Å². The maximum Gasteiger partial charge on any atom is 0.419 e. The fourth-order valence-electron chi connectivity index (χ4n) is 4.76. The lowest BCUT2D eigenvalue weighted by molar-refractivity contribution is -0.140. The van der Waals surface area contributed by atoms with Crippen LogP contribution >= 0.6 is 0 Å². The van der Waals surface area contributed by atoms with Crippen molar-refractivity contribution >= 4 is 23.6 Å². The maximum absolute atomic E-state index is 13.6. The molecule has 1 aliphatic rings. The molecule has 2 aromatic heterocycles. The number of carbonyl (C=O) groups is 3. The zero-order chi connectivity index (χ0) is 28.8. The molecule has 0 aliphatic heterocycles. The molecular weight excluding hydrogens is 536 g/mol. The van der Waals surface area contributed by atoms with Gasteiger partial charge in [0.2, 0.25) is 0 Å². The summed E-state index contributed by atoms with van der Waals surface area (Å²) in [5, 5.41) is 18.7. The van der Waals surface area contributed by atoms with Gasteiger partial charge in [0.25, 0.3) is 17.6 Å². The Morgan fingerprint density at radius 1 is 1.12 bits per heavy atom. The van der Waals surface area contributed by atoms with Crippen molar-refractivity contribution in [3.63, 3.8) is 0 Å². The van der Waals surface area contributed by atoms with Crippen LogP contribution in [-0.4, -0.2) is 42.5 Å². The van der Waals surface area contributed by atoms with E-state index in [-0.39, 0.29) is 34.8 Å². The number of aromatic nitrogens is 4. The Labute approximate surface area is 223 Å². The molecule has 0 saturated carbocycles. The van der Waals surface area contributed by atoms with E-state index < -0.39 is 41.4 Å². The van der Waals surface area contributed by atoms with Gasteiger partial charge in [-0.3, -0.25) is 9.59 Å². The van der Waals surface area contributed by atoms with Gasteiger partial charge in [0.15, 0.2) is 0 Å². The summed E-state index contributed by atoms with van der Waals surface area (Å²) in [6.07, 6.45) is -2.67. The lowest BCUT2D eigenvalue weighted by Gasteiger charge is -2.16. The first-order valence-electron chi connectivity index (χ1n) is 11.9. The maximum atomic E-state index is 13.6. The molecule has 2 aromatic carbocycles. The number of halogens is 4. The normalized spacial score (nSPS) is 14.7. The number of amides is 2. The Kier molecular flexibility index (Phi) is 6.69. The summed E-state index contributed by atoms with van der Waals surface area (Å²) >= 11 is 0. The lowest BCUT2D eigenvalue weighted by Crippen LogP contribution is -2.30. The van der Waals surface area contributed by atoms with E-state index in [4.69, 9.17) is 0 Å². The Hall–Kier alpha value is -4.88.